The predicted molar refractivity (Wildman–Crippen MR) is 61.0 cm³/mol. The minimum atomic E-state index is -1.13. The lowest BCUT2D eigenvalue weighted by Crippen LogP contribution is -2.20. The van der Waals surface area contributed by atoms with Crippen molar-refractivity contribution in [2.24, 2.45) is 4.40 Å². The van der Waals surface area contributed by atoms with Gasteiger partial charge in [0.25, 0.3) is 0 Å². The van der Waals surface area contributed by atoms with Crippen LogP contribution in [-0.2, 0) is 11.0 Å². The molecule has 13 heavy (non-hydrogen) atoms. The Bertz CT molecular complexity index is 208. The number of hydrogen-bond acceptors (Lipinski definition) is 1. The second-order valence-electron chi connectivity index (χ2n) is 3.98. The smallest absolute Gasteiger partial charge is 0.144 e. The summed E-state index contributed by atoms with van der Waals surface area (Å²) in [6.45, 7) is 7.65. The van der Waals surface area contributed by atoms with Crippen LogP contribution in [0.1, 0.15) is 40.5 Å². The minimum Gasteiger partial charge on any atom is -0.234 e. The topological polar surface area (TPSA) is 29.4 Å². The summed E-state index contributed by atoms with van der Waals surface area (Å²) in [6.07, 6.45) is 1.74. The van der Waals surface area contributed by atoms with Gasteiger partial charge in [0.2, 0.25) is 0 Å². The van der Waals surface area contributed by atoms with E-state index in [2.05, 4.69) is 4.40 Å². The molecule has 2 nitrogen and oxygen atoms in total. The first kappa shape index (κ1) is 13.1. The van der Waals surface area contributed by atoms with E-state index in [1.165, 1.54) is 0 Å². The number of halogens is 1. The number of hydrogen-bond donors (Lipinski definition) is 0. The lowest BCUT2D eigenvalue weighted by Gasteiger charge is -2.13. The molecule has 0 aromatic rings. The molecule has 0 saturated carbocycles. The SMILES string of the molecule is C/C(CCCCl)=N\[S@@](=O)C(C)(C)C. The molecule has 0 spiro atoms. The zero-order valence-corrected chi connectivity index (χ0v) is 10.3. The quantitative estimate of drug-likeness (QED) is 0.532. The average Bonchev–Trinajstić information content (AvgIpc) is 1.99. The maximum absolute atomic E-state index is 11.5. The highest BCUT2D eigenvalue weighted by molar-refractivity contribution is 7.85. The van der Waals surface area contributed by atoms with E-state index in [1.54, 1.807) is 0 Å². The van der Waals surface area contributed by atoms with Crippen LogP contribution in [0.25, 0.3) is 0 Å². The van der Waals surface area contributed by atoms with Crippen molar-refractivity contribution < 1.29 is 4.21 Å². The molecule has 0 saturated heterocycles. The summed E-state index contributed by atoms with van der Waals surface area (Å²) >= 11 is 5.54. The number of alkyl halides is 1. The van der Waals surface area contributed by atoms with Gasteiger partial charge in [-0.3, -0.25) is 0 Å². The van der Waals surface area contributed by atoms with Crippen molar-refractivity contribution >= 4 is 28.3 Å². The molecule has 0 rings (SSSR count). The van der Waals surface area contributed by atoms with E-state index in [-0.39, 0.29) is 4.75 Å². The summed E-state index contributed by atoms with van der Waals surface area (Å²) in [5.74, 6) is 0.634. The molecule has 78 valence electrons. The molecule has 0 aliphatic rings. The fourth-order valence-corrected chi connectivity index (χ4v) is 1.43. The van der Waals surface area contributed by atoms with Gasteiger partial charge in [-0.25, -0.2) is 4.21 Å². The van der Waals surface area contributed by atoms with E-state index in [1.807, 2.05) is 27.7 Å². The van der Waals surface area contributed by atoms with Crippen LogP contribution in [0.3, 0.4) is 0 Å². The first-order chi connectivity index (χ1) is 5.88. The van der Waals surface area contributed by atoms with Gasteiger partial charge in [-0.2, -0.15) is 4.40 Å². The van der Waals surface area contributed by atoms with Crippen molar-refractivity contribution in [1.82, 2.24) is 0 Å². The van der Waals surface area contributed by atoms with E-state index in [4.69, 9.17) is 11.6 Å². The molecule has 0 bridgehead atoms. The fraction of sp³-hybridized carbons (Fsp3) is 0.889. The highest BCUT2D eigenvalue weighted by Crippen LogP contribution is 2.13. The molecule has 0 amide bonds. The Balaban J connectivity index is 4.15. The summed E-state index contributed by atoms with van der Waals surface area (Å²) in [5, 5.41) is 0. The third-order valence-corrected chi connectivity index (χ3v) is 3.23. The van der Waals surface area contributed by atoms with E-state index >= 15 is 0 Å². The summed E-state index contributed by atoms with van der Waals surface area (Å²) in [5.41, 5.74) is 0.925. The molecule has 0 aliphatic heterocycles. The van der Waals surface area contributed by atoms with Gasteiger partial charge in [0.1, 0.15) is 11.0 Å². The molecule has 0 unspecified atom stereocenters. The van der Waals surface area contributed by atoms with E-state index in [0.29, 0.717) is 5.88 Å². The van der Waals surface area contributed by atoms with Crippen LogP contribution in [0.15, 0.2) is 4.40 Å². The molecule has 0 aliphatic carbocycles. The predicted octanol–water partition coefficient (Wildman–Crippen LogP) is 2.93. The van der Waals surface area contributed by atoms with Gasteiger partial charge in [-0.1, -0.05) is 0 Å². The highest BCUT2D eigenvalue weighted by Gasteiger charge is 2.18. The van der Waals surface area contributed by atoms with Gasteiger partial charge in [0.05, 0.1) is 4.75 Å². The largest absolute Gasteiger partial charge is 0.234 e. The lowest BCUT2D eigenvalue weighted by atomic mass is 10.2. The first-order valence-electron chi connectivity index (χ1n) is 4.40. The molecule has 0 fully saturated rings. The third kappa shape index (κ3) is 6.22. The Labute approximate surface area is 88.4 Å². The number of rotatable bonds is 4. The summed E-state index contributed by atoms with van der Waals surface area (Å²) in [7, 11) is -1.13. The Hall–Kier alpha value is 0.110. The third-order valence-electron chi connectivity index (χ3n) is 1.43. The second kappa shape index (κ2) is 5.76. The average molecular weight is 224 g/mol. The van der Waals surface area contributed by atoms with Crippen LogP contribution in [0.2, 0.25) is 0 Å². The summed E-state index contributed by atoms with van der Waals surface area (Å²) < 4.78 is 15.4. The van der Waals surface area contributed by atoms with Gasteiger partial charge in [-0.05, 0) is 40.5 Å². The van der Waals surface area contributed by atoms with Crippen molar-refractivity contribution in [2.75, 3.05) is 5.88 Å². The first-order valence-corrected chi connectivity index (χ1v) is 6.04. The normalized spacial score (nSPS) is 15.9. The molecular formula is C9H18ClNOS. The Morgan fingerprint density at radius 3 is 2.38 bits per heavy atom. The van der Waals surface area contributed by atoms with E-state index in [9.17, 15) is 4.21 Å². The van der Waals surface area contributed by atoms with Crippen molar-refractivity contribution in [3.8, 4) is 0 Å². The van der Waals surface area contributed by atoms with Crippen LogP contribution in [0.5, 0.6) is 0 Å². The Morgan fingerprint density at radius 1 is 1.46 bits per heavy atom. The maximum Gasteiger partial charge on any atom is 0.144 e. The summed E-state index contributed by atoms with van der Waals surface area (Å²) in [6, 6.07) is 0. The Morgan fingerprint density at radius 2 is 2.00 bits per heavy atom. The van der Waals surface area contributed by atoms with Gasteiger partial charge in [0.15, 0.2) is 0 Å². The fourth-order valence-electron chi connectivity index (χ4n) is 0.647. The zero-order valence-electron chi connectivity index (χ0n) is 8.76. The van der Waals surface area contributed by atoms with Crippen LogP contribution >= 0.6 is 11.6 Å². The van der Waals surface area contributed by atoms with Crippen molar-refractivity contribution in [3.63, 3.8) is 0 Å². The van der Waals surface area contributed by atoms with Gasteiger partial charge in [-0.15, -0.1) is 11.6 Å². The van der Waals surface area contributed by atoms with Crippen LogP contribution < -0.4 is 0 Å². The van der Waals surface area contributed by atoms with Crippen LogP contribution in [-0.4, -0.2) is 20.5 Å². The van der Waals surface area contributed by atoms with E-state index < -0.39 is 11.0 Å². The van der Waals surface area contributed by atoms with E-state index in [0.717, 1.165) is 18.6 Å². The summed E-state index contributed by atoms with van der Waals surface area (Å²) in [4.78, 5) is 0. The number of nitrogens with zero attached hydrogens (tertiary/aromatic N) is 1. The standard InChI is InChI=1S/C9H18ClNOS/c1-8(6-5-7-10)11-13(12)9(2,3)4/h5-7H2,1-4H3/b11-8+/t13-/m0/s1. The molecule has 0 radical (unpaired) electrons. The van der Waals surface area contributed by atoms with Crippen molar-refractivity contribution in [3.05, 3.63) is 0 Å². The monoisotopic (exact) mass is 223 g/mol. The molecule has 4 heteroatoms. The Kier molecular flexibility index (Phi) is 5.81. The zero-order chi connectivity index (χ0) is 10.5. The second-order valence-corrected chi connectivity index (χ2v) is 6.26. The minimum absolute atomic E-state index is 0.262. The van der Waals surface area contributed by atoms with Crippen molar-refractivity contribution in [1.29, 1.82) is 0 Å². The highest BCUT2D eigenvalue weighted by atomic mass is 35.5. The molecule has 0 aromatic heterocycles. The molecule has 0 aromatic carbocycles. The molecular weight excluding hydrogens is 206 g/mol. The van der Waals surface area contributed by atoms with Crippen LogP contribution in [0, 0.1) is 0 Å². The van der Waals surface area contributed by atoms with Gasteiger partial charge < -0.3 is 0 Å². The van der Waals surface area contributed by atoms with Crippen LogP contribution in [0.4, 0.5) is 0 Å². The molecule has 1 atom stereocenters. The maximum atomic E-state index is 11.5. The molecule has 0 N–H and O–H groups in total. The van der Waals surface area contributed by atoms with Gasteiger partial charge in [0, 0.05) is 11.6 Å². The van der Waals surface area contributed by atoms with Gasteiger partial charge >= 0.3 is 0 Å². The molecule has 0 heterocycles. The van der Waals surface area contributed by atoms with Crippen molar-refractivity contribution in [2.45, 2.75) is 45.3 Å². The lowest BCUT2D eigenvalue weighted by molar-refractivity contribution is 0.650.